The molecule has 2 fully saturated rings. The summed E-state index contributed by atoms with van der Waals surface area (Å²) in [6.07, 6.45) is 6.64. The molecule has 0 radical (unpaired) electrons. The molecule has 3 aromatic carbocycles. The number of hydrogen-bond donors (Lipinski definition) is 0. The summed E-state index contributed by atoms with van der Waals surface area (Å²) in [4.78, 5) is 2.76. The molecule has 2 nitrogen and oxygen atoms in total. The first-order valence-electron chi connectivity index (χ1n) is 11.3. The van der Waals surface area contributed by atoms with Crippen molar-refractivity contribution in [3.05, 3.63) is 108 Å². The van der Waals surface area contributed by atoms with Crippen LogP contribution in [0.5, 0.6) is 0 Å². The molecule has 1 saturated carbocycles. The van der Waals surface area contributed by atoms with E-state index >= 15 is 0 Å². The van der Waals surface area contributed by atoms with Crippen molar-refractivity contribution in [2.45, 2.75) is 55.8 Å². The zero-order valence-corrected chi connectivity index (χ0v) is 17.8. The first-order valence-corrected chi connectivity index (χ1v) is 11.3. The van der Waals surface area contributed by atoms with E-state index in [0.29, 0.717) is 12.1 Å². The molecule has 1 heterocycles. The first kappa shape index (κ1) is 19.5. The minimum Gasteiger partial charge on any atom is -0.367 e. The number of benzene rings is 3. The second kappa shape index (κ2) is 8.37. The zero-order chi connectivity index (χ0) is 20.4. The van der Waals surface area contributed by atoms with Crippen LogP contribution in [-0.2, 0) is 10.3 Å². The molecule has 154 valence electrons. The molecule has 3 aromatic rings. The molecular weight excluding hydrogens is 366 g/mol. The highest BCUT2D eigenvalue weighted by molar-refractivity contribution is 5.45. The van der Waals surface area contributed by atoms with Gasteiger partial charge in [-0.3, -0.25) is 4.90 Å². The molecule has 0 spiro atoms. The summed E-state index contributed by atoms with van der Waals surface area (Å²) in [5, 5.41) is 0. The number of rotatable bonds is 6. The lowest BCUT2D eigenvalue weighted by molar-refractivity contribution is 0.00497. The van der Waals surface area contributed by atoms with Crippen molar-refractivity contribution in [2.24, 2.45) is 0 Å². The molecule has 2 heteroatoms. The molecule has 3 atom stereocenters. The minimum absolute atomic E-state index is 0.290. The van der Waals surface area contributed by atoms with E-state index in [-0.39, 0.29) is 6.04 Å². The Labute approximate surface area is 180 Å². The highest BCUT2D eigenvalue weighted by Gasteiger charge is 2.63. The van der Waals surface area contributed by atoms with Crippen molar-refractivity contribution < 1.29 is 4.74 Å². The fourth-order valence-corrected chi connectivity index (χ4v) is 5.75. The van der Waals surface area contributed by atoms with E-state index in [1.165, 1.54) is 48.8 Å². The Bertz CT molecular complexity index is 895. The lowest BCUT2D eigenvalue weighted by Gasteiger charge is -2.35. The Morgan fingerprint density at radius 2 is 1.20 bits per heavy atom. The Kier molecular flexibility index (Phi) is 5.45. The van der Waals surface area contributed by atoms with E-state index in [1.807, 2.05) is 7.11 Å². The van der Waals surface area contributed by atoms with Crippen LogP contribution in [0.4, 0.5) is 0 Å². The molecule has 0 N–H and O–H groups in total. The normalized spacial score (nSPS) is 24.5. The maximum atomic E-state index is 6.57. The summed E-state index contributed by atoms with van der Waals surface area (Å²) in [5.74, 6) is 0. The van der Waals surface area contributed by atoms with Crippen LogP contribution >= 0.6 is 0 Å². The lowest BCUT2D eigenvalue weighted by atomic mass is 9.80. The van der Waals surface area contributed by atoms with Gasteiger partial charge in [0.1, 0.15) is 5.60 Å². The monoisotopic (exact) mass is 397 g/mol. The molecule has 0 aromatic heterocycles. The van der Waals surface area contributed by atoms with Crippen LogP contribution in [0.15, 0.2) is 91.0 Å². The molecule has 5 rings (SSSR count). The molecule has 1 saturated heterocycles. The Hall–Kier alpha value is -2.42. The molecule has 0 amide bonds. The third-order valence-corrected chi connectivity index (χ3v) is 7.13. The van der Waals surface area contributed by atoms with Crippen LogP contribution in [0, 0.1) is 0 Å². The molecule has 30 heavy (non-hydrogen) atoms. The van der Waals surface area contributed by atoms with Gasteiger partial charge >= 0.3 is 0 Å². The van der Waals surface area contributed by atoms with Gasteiger partial charge in [-0.05, 0) is 29.5 Å². The number of methoxy groups -OCH3 is 1. The average molecular weight is 398 g/mol. The number of hydrogen-bond acceptors (Lipinski definition) is 2. The van der Waals surface area contributed by atoms with Crippen LogP contribution in [-0.4, -0.2) is 24.1 Å². The topological polar surface area (TPSA) is 12.2 Å². The van der Waals surface area contributed by atoms with E-state index in [2.05, 4.69) is 95.9 Å². The van der Waals surface area contributed by atoms with E-state index < -0.39 is 5.60 Å². The molecule has 1 aliphatic heterocycles. The van der Waals surface area contributed by atoms with Crippen LogP contribution < -0.4 is 0 Å². The van der Waals surface area contributed by atoms with Gasteiger partial charge in [0.25, 0.3) is 0 Å². The predicted octanol–water partition coefficient (Wildman–Crippen LogP) is 6.33. The van der Waals surface area contributed by atoms with E-state index in [1.54, 1.807) is 0 Å². The van der Waals surface area contributed by atoms with Gasteiger partial charge in [0.05, 0.1) is 12.1 Å². The van der Waals surface area contributed by atoms with Crippen LogP contribution in [0.1, 0.15) is 54.8 Å². The van der Waals surface area contributed by atoms with Gasteiger partial charge in [0, 0.05) is 13.2 Å². The number of ether oxygens (including phenoxy) is 1. The third-order valence-electron chi connectivity index (χ3n) is 7.13. The maximum absolute atomic E-state index is 6.57. The zero-order valence-electron chi connectivity index (χ0n) is 17.8. The van der Waals surface area contributed by atoms with Gasteiger partial charge in [0.2, 0.25) is 0 Å². The smallest absolute Gasteiger partial charge is 0.135 e. The van der Waals surface area contributed by atoms with Crippen LogP contribution in [0.3, 0.4) is 0 Å². The third kappa shape index (κ3) is 3.29. The van der Waals surface area contributed by atoms with Gasteiger partial charge < -0.3 is 4.74 Å². The molecule has 2 aliphatic rings. The molecule has 1 aliphatic carbocycles. The molecule has 1 unspecified atom stereocenters. The summed E-state index contributed by atoms with van der Waals surface area (Å²) in [5.41, 5.74) is 3.40. The average Bonchev–Trinajstić information content (AvgIpc) is 3.59. The van der Waals surface area contributed by atoms with Gasteiger partial charge in [-0.2, -0.15) is 0 Å². The molecule has 0 bridgehead atoms. The van der Waals surface area contributed by atoms with Gasteiger partial charge in [-0.15, -0.1) is 0 Å². The minimum atomic E-state index is -0.486. The first-order chi connectivity index (χ1) is 14.9. The van der Waals surface area contributed by atoms with Crippen molar-refractivity contribution >= 4 is 0 Å². The maximum Gasteiger partial charge on any atom is 0.135 e. The summed E-state index contributed by atoms with van der Waals surface area (Å²) >= 11 is 0. The summed E-state index contributed by atoms with van der Waals surface area (Å²) in [7, 11) is 1.89. The SMILES string of the molecule is COC(c1ccccc1)(c1ccccc1)[C@H]1[C@@H](c2ccccc2)N1C1CCCCC1. The largest absolute Gasteiger partial charge is 0.367 e. The van der Waals surface area contributed by atoms with Crippen molar-refractivity contribution in [2.75, 3.05) is 7.11 Å². The lowest BCUT2D eigenvalue weighted by Crippen LogP contribution is -2.40. The van der Waals surface area contributed by atoms with E-state index in [0.717, 1.165) is 0 Å². The van der Waals surface area contributed by atoms with E-state index in [9.17, 15) is 0 Å². The van der Waals surface area contributed by atoms with Gasteiger partial charge in [-0.25, -0.2) is 0 Å². The second-order valence-electron chi connectivity index (χ2n) is 8.71. The highest BCUT2D eigenvalue weighted by atomic mass is 16.5. The quantitative estimate of drug-likeness (QED) is 0.450. The summed E-state index contributed by atoms with van der Waals surface area (Å²) in [6.45, 7) is 0. The Balaban J connectivity index is 1.65. The highest BCUT2D eigenvalue weighted by Crippen LogP contribution is 2.58. The van der Waals surface area contributed by atoms with Crippen LogP contribution in [0.25, 0.3) is 0 Å². The summed E-state index contributed by atoms with van der Waals surface area (Å²) < 4.78 is 6.57. The van der Waals surface area contributed by atoms with Crippen molar-refractivity contribution in [1.29, 1.82) is 0 Å². The Morgan fingerprint density at radius 1 is 0.700 bits per heavy atom. The fraction of sp³-hybridized carbons (Fsp3) is 0.357. The fourth-order valence-electron chi connectivity index (χ4n) is 5.75. The Morgan fingerprint density at radius 3 is 1.70 bits per heavy atom. The standard InChI is InChI=1S/C28H31NO/c1-30-28(23-16-8-3-9-17-23,24-18-10-4-11-19-24)27-26(22-14-6-2-7-15-22)29(27)25-20-12-5-13-21-25/h2-4,6-11,14-19,25-27H,5,12-13,20-21H2,1H3/t26-,27-,29?/m1/s1. The van der Waals surface area contributed by atoms with Crippen molar-refractivity contribution in [1.82, 2.24) is 4.90 Å². The second-order valence-corrected chi connectivity index (χ2v) is 8.71. The van der Waals surface area contributed by atoms with Gasteiger partial charge in [-0.1, -0.05) is 110 Å². The van der Waals surface area contributed by atoms with E-state index in [4.69, 9.17) is 4.74 Å². The van der Waals surface area contributed by atoms with Gasteiger partial charge in [0.15, 0.2) is 0 Å². The van der Waals surface area contributed by atoms with Crippen molar-refractivity contribution in [3.63, 3.8) is 0 Å². The van der Waals surface area contributed by atoms with Crippen molar-refractivity contribution in [3.8, 4) is 0 Å². The van der Waals surface area contributed by atoms with Crippen LogP contribution in [0.2, 0.25) is 0 Å². The molecular formula is C28H31NO. The predicted molar refractivity (Wildman–Crippen MR) is 122 cm³/mol. The number of nitrogens with zero attached hydrogens (tertiary/aromatic N) is 1. The summed E-state index contributed by atoms with van der Waals surface area (Å²) in [6, 6.07) is 34.0.